The molecule has 2 saturated carbocycles. The van der Waals surface area contributed by atoms with E-state index in [0.717, 1.165) is 80.5 Å². The Bertz CT molecular complexity index is 1150. The third-order valence-corrected chi connectivity index (χ3v) is 8.51. The SMILES string of the molecule is COc1ccc(C2CCC(CN(C(=O)C3CCCCC3)c3cccc(C(C=NCCF)=CN)c3)CC2)cc1C. The summed E-state index contributed by atoms with van der Waals surface area (Å²) in [6, 6.07) is 14.6. The van der Waals surface area contributed by atoms with Gasteiger partial charge in [-0.25, -0.2) is 4.39 Å². The molecule has 1 amide bonds. The summed E-state index contributed by atoms with van der Waals surface area (Å²) < 4.78 is 18.0. The number of carbonyl (C=O) groups excluding carboxylic acids is 1. The predicted octanol–water partition coefficient (Wildman–Crippen LogP) is 7.23. The topological polar surface area (TPSA) is 67.9 Å². The molecule has 0 unspecified atom stereocenters. The van der Waals surface area contributed by atoms with Gasteiger partial charge in [0.1, 0.15) is 12.4 Å². The molecular formula is C33H44FN3O2. The number of hydrogen-bond donors (Lipinski definition) is 1. The predicted molar refractivity (Wildman–Crippen MR) is 159 cm³/mol. The first kappa shape index (κ1) is 28.8. The summed E-state index contributed by atoms with van der Waals surface area (Å²) in [6.45, 7) is 2.46. The number of rotatable bonds is 10. The van der Waals surface area contributed by atoms with E-state index in [1.54, 1.807) is 13.3 Å². The summed E-state index contributed by atoms with van der Waals surface area (Å²) in [7, 11) is 1.72. The number of ether oxygens (including phenoxy) is 1. The van der Waals surface area contributed by atoms with E-state index < -0.39 is 6.67 Å². The van der Waals surface area contributed by atoms with E-state index in [-0.39, 0.29) is 18.4 Å². The zero-order valence-corrected chi connectivity index (χ0v) is 23.6. The van der Waals surface area contributed by atoms with Gasteiger partial charge in [0.25, 0.3) is 0 Å². The fourth-order valence-electron chi connectivity index (χ4n) is 6.26. The molecule has 2 N–H and O–H groups in total. The van der Waals surface area contributed by atoms with Crippen molar-refractivity contribution in [3.05, 3.63) is 65.4 Å². The normalized spacial score (nSPS) is 20.7. The molecule has 0 aliphatic heterocycles. The van der Waals surface area contributed by atoms with Crippen molar-refractivity contribution in [2.75, 3.05) is 31.8 Å². The molecule has 210 valence electrons. The molecule has 4 rings (SSSR count). The zero-order chi connectivity index (χ0) is 27.6. The number of halogens is 1. The molecule has 5 nitrogen and oxygen atoms in total. The van der Waals surface area contributed by atoms with Gasteiger partial charge >= 0.3 is 0 Å². The molecule has 0 spiro atoms. The number of benzene rings is 2. The highest BCUT2D eigenvalue weighted by atomic mass is 19.1. The molecule has 2 aromatic rings. The number of hydrogen-bond acceptors (Lipinski definition) is 4. The first-order valence-corrected chi connectivity index (χ1v) is 14.6. The van der Waals surface area contributed by atoms with Crippen LogP contribution in [0.1, 0.15) is 80.4 Å². The van der Waals surface area contributed by atoms with Gasteiger partial charge < -0.3 is 15.4 Å². The Morgan fingerprint density at radius 2 is 1.85 bits per heavy atom. The molecule has 0 bridgehead atoms. The summed E-state index contributed by atoms with van der Waals surface area (Å²) in [4.78, 5) is 20.1. The lowest BCUT2D eigenvalue weighted by molar-refractivity contribution is -0.123. The van der Waals surface area contributed by atoms with Crippen LogP contribution in [-0.4, -0.2) is 39.0 Å². The Balaban J connectivity index is 1.51. The minimum atomic E-state index is -0.502. The number of aryl methyl sites for hydroxylation is 1. The van der Waals surface area contributed by atoms with Crippen molar-refractivity contribution in [3.8, 4) is 5.75 Å². The average molecular weight is 534 g/mol. The van der Waals surface area contributed by atoms with E-state index in [9.17, 15) is 9.18 Å². The van der Waals surface area contributed by atoms with E-state index >= 15 is 0 Å². The lowest BCUT2D eigenvalue weighted by Gasteiger charge is -2.35. The van der Waals surface area contributed by atoms with Crippen LogP contribution in [0.4, 0.5) is 10.1 Å². The van der Waals surface area contributed by atoms with Crippen molar-refractivity contribution in [2.45, 2.75) is 70.6 Å². The van der Waals surface area contributed by atoms with Crippen molar-refractivity contribution in [3.63, 3.8) is 0 Å². The summed E-state index contributed by atoms with van der Waals surface area (Å²) in [5, 5.41) is 0. The highest BCUT2D eigenvalue weighted by molar-refractivity contribution is 6.10. The van der Waals surface area contributed by atoms with E-state index in [1.165, 1.54) is 23.7 Å². The van der Waals surface area contributed by atoms with Crippen molar-refractivity contribution in [1.82, 2.24) is 0 Å². The highest BCUT2D eigenvalue weighted by Crippen LogP contribution is 2.38. The molecular weight excluding hydrogens is 489 g/mol. The van der Waals surface area contributed by atoms with Crippen LogP contribution in [0.15, 0.2) is 53.7 Å². The van der Waals surface area contributed by atoms with Crippen molar-refractivity contribution < 1.29 is 13.9 Å². The average Bonchev–Trinajstić information content (AvgIpc) is 2.98. The van der Waals surface area contributed by atoms with Gasteiger partial charge in [-0.05, 0) is 92.2 Å². The number of allylic oxidation sites excluding steroid dienone is 1. The summed E-state index contributed by atoms with van der Waals surface area (Å²) in [5.41, 5.74) is 11.0. The Hall–Kier alpha value is -3.15. The van der Waals surface area contributed by atoms with Crippen LogP contribution in [0.3, 0.4) is 0 Å². The number of amides is 1. The van der Waals surface area contributed by atoms with E-state index in [4.69, 9.17) is 10.5 Å². The van der Waals surface area contributed by atoms with E-state index in [1.807, 2.05) is 24.3 Å². The minimum absolute atomic E-state index is 0.0941. The fraction of sp³-hybridized carbons (Fsp3) is 0.515. The largest absolute Gasteiger partial charge is 0.496 e. The van der Waals surface area contributed by atoms with Gasteiger partial charge in [-0.15, -0.1) is 0 Å². The monoisotopic (exact) mass is 533 g/mol. The van der Waals surface area contributed by atoms with Crippen LogP contribution >= 0.6 is 0 Å². The Kier molecular flexibility index (Phi) is 10.6. The molecule has 0 aromatic heterocycles. The highest BCUT2D eigenvalue weighted by Gasteiger charge is 2.31. The van der Waals surface area contributed by atoms with Crippen LogP contribution in [0.25, 0.3) is 5.57 Å². The van der Waals surface area contributed by atoms with Gasteiger partial charge in [-0.2, -0.15) is 0 Å². The maximum atomic E-state index is 13.9. The Morgan fingerprint density at radius 1 is 1.08 bits per heavy atom. The lowest BCUT2D eigenvalue weighted by atomic mass is 9.78. The van der Waals surface area contributed by atoms with Gasteiger partial charge in [0, 0.05) is 36.1 Å². The lowest BCUT2D eigenvalue weighted by Crippen LogP contribution is -2.41. The van der Waals surface area contributed by atoms with Crippen LogP contribution in [-0.2, 0) is 4.79 Å². The molecule has 0 saturated heterocycles. The zero-order valence-electron chi connectivity index (χ0n) is 23.6. The Labute approximate surface area is 233 Å². The number of carbonyl (C=O) groups is 1. The van der Waals surface area contributed by atoms with Gasteiger partial charge in [0.15, 0.2) is 0 Å². The molecule has 39 heavy (non-hydrogen) atoms. The minimum Gasteiger partial charge on any atom is -0.496 e. The quantitative estimate of drug-likeness (QED) is 0.328. The van der Waals surface area contributed by atoms with Gasteiger partial charge in [-0.1, -0.05) is 43.5 Å². The first-order valence-electron chi connectivity index (χ1n) is 14.6. The number of nitrogens with two attached hydrogens (primary N) is 1. The molecule has 2 fully saturated rings. The molecule has 2 aliphatic rings. The van der Waals surface area contributed by atoms with Gasteiger partial charge in [0.2, 0.25) is 5.91 Å². The number of alkyl halides is 1. The summed E-state index contributed by atoms with van der Waals surface area (Å²) in [5.74, 6) is 2.30. The maximum absolute atomic E-state index is 13.9. The van der Waals surface area contributed by atoms with E-state index in [2.05, 4.69) is 35.0 Å². The molecule has 0 atom stereocenters. The number of nitrogens with zero attached hydrogens (tertiary/aromatic N) is 2. The molecule has 0 heterocycles. The van der Waals surface area contributed by atoms with Crippen molar-refractivity contribution in [1.29, 1.82) is 0 Å². The molecule has 0 radical (unpaired) electrons. The standard InChI is InChI=1S/C33H44FN3O2/c1-24-19-29(15-16-32(24)39-2)26-13-11-25(12-14-26)23-37(33(38)27-7-4-3-5-8-27)31-10-6-9-28(20-31)30(21-35)22-36-18-17-34/h6,9-10,15-16,19-22,25-27H,3-5,7-8,11-14,17-18,23,35H2,1-2H3. The van der Waals surface area contributed by atoms with Crippen molar-refractivity contribution >= 4 is 23.4 Å². The Morgan fingerprint density at radius 3 is 2.51 bits per heavy atom. The van der Waals surface area contributed by atoms with Gasteiger partial charge in [-0.3, -0.25) is 9.79 Å². The van der Waals surface area contributed by atoms with E-state index in [0.29, 0.717) is 11.8 Å². The van der Waals surface area contributed by atoms with Crippen LogP contribution in [0.2, 0.25) is 0 Å². The smallest absolute Gasteiger partial charge is 0.230 e. The first-order chi connectivity index (χ1) is 19.0. The molecule has 2 aliphatic carbocycles. The number of methoxy groups -OCH3 is 1. The van der Waals surface area contributed by atoms with Crippen LogP contribution in [0.5, 0.6) is 5.75 Å². The number of aliphatic imine (C=N–C) groups is 1. The van der Waals surface area contributed by atoms with Crippen molar-refractivity contribution in [2.24, 2.45) is 22.6 Å². The van der Waals surface area contributed by atoms with Crippen LogP contribution in [0, 0.1) is 18.8 Å². The van der Waals surface area contributed by atoms with Gasteiger partial charge in [0.05, 0.1) is 13.7 Å². The number of anilines is 1. The third-order valence-electron chi connectivity index (χ3n) is 8.51. The molecule has 6 heteroatoms. The fourth-order valence-corrected chi connectivity index (χ4v) is 6.26. The summed E-state index contributed by atoms with van der Waals surface area (Å²) in [6.07, 6.45) is 13.0. The second-order valence-electron chi connectivity index (χ2n) is 11.1. The summed E-state index contributed by atoms with van der Waals surface area (Å²) >= 11 is 0. The maximum Gasteiger partial charge on any atom is 0.230 e. The molecule has 2 aromatic carbocycles. The second-order valence-corrected chi connectivity index (χ2v) is 11.1. The second kappa shape index (κ2) is 14.3. The third kappa shape index (κ3) is 7.49. The van der Waals surface area contributed by atoms with Crippen LogP contribution < -0.4 is 15.4 Å².